The Morgan fingerprint density at radius 3 is 2.41 bits per heavy atom. The Hall–Kier alpha value is -3.42. The minimum absolute atomic E-state index is 0.0201. The summed E-state index contributed by atoms with van der Waals surface area (Å²) in [4.78, 5) is 35.7. The standard InChI is InChI=1S/C19H21N3O5/c1-21(16-9-5-6-10-17(16)22(26)27)13-18(23)20-12-15(19(24)25)11-14-7-3-2-4-8-14/h2-10,15H,11-13H2,1H3,(H,20,23)(H,24,25). The van der Waals surface area contributed by atoms with Crippen LogP contribution < -0.4 is 10.2 Å². The number of carboxylic acid groups (broad SMARTS) is 1. The average molecular weight is 371 g/mol. The van der Waals surface area contributed by atoms with Crippen molar-refractivity contribution in [3.05, 3.63) is 70.3 Å². The zero-order valence-corrected chi connectivity index (χ0v) is 14.9. The molecule has 0 fully saturated rings. The summed E-state index contributed by atoms with van der Waals surface area (Å²) in [5.41, 5.74) is 1.09. The van der Waals surface area contributed by atoms with Gasteiger partial charge in [-0.3, -0.25) is 19.7 Å². The van der Waals surface area contributed by atoms with Crippen LogP contribution in [0, 0.1) is 16.0 Å². The molecule has 2 rings (SSSR count). The van der Waals surface area contributed by atoms with Crippen LogP contribution in [0.25, 0.3) is 0 Å². The first-order valence-corrected chi connectivity index (χ1v) is 8.36. The van der Waals surface area contributed by atoms with Crippen molar-refractivity contribution in [3.63, 3.8) is 0 Å². The summed E-state index contributed by atoms with van der Waals surface area (Å²) in [6.45, 7) is -0.143. The number of hydrogen-bond donors (Lipinski definition) is 2. The Balaban J connectivity index is 1.94. The topological polar surface area (TPSA) is 113 Å². The maximum Gasteiger partial charge on any atom is 0.308 e. The second kappa shape index (κ2) is 9.33. The number of nitrogens with zero attached hydrogens (tertiary/aromatic N) is 2. The first-order chi connectivity index (χ1) is 12.9. The molecule has 8 nitrogen and oxygen atoms in total. The monoisotopic (exact) mass is 371 g/mol. The number of likely N-dealkylation sites (N-methyl/N-ethyl adjacent to an activating group) is 1. The van der Waals surface area contributed by atoms with Crippen molar-refractivity contribution in [2.45, 2.75) is 6.42 Å². The van der Waals surface area contributed by atoms with E-state index in [1.165, 1.54) is 11.0 Å². The van der Waals surface area contributed by atoms with Crippen LogP contribution in [-0.2, 0) is 16.0 Å². The predicted octanol–water partition coefficient (Wildman–Crippen LogP) is 2.09. The number of para-hydroxylation sites is 2. The second-order valence-corrected chi connectivity index (χ2v) is 6.13. The lowest BCUT2D eigenvalue weighted by Crippen LogP contribution is -2.39. The Morgan fingerprint density at radius 1 is 1.15 bits per heavy atom. The lowest BCUT2D eigenvalue weighted by Gasteiger charge is -2.19. The van der Waals surface area contributed by atoms with E-state index < -0.39 is 22.7 Å². The molecule has 0 saturated carbocycles. The van der Waals surface area contributed by atoms with Gasteiger partial charge in [-0.15, -0.1) is 0 Å². The molecule has 142 valence electrons. The Kier molecular flexibility index (Phi) is 6.87. The highest BCUT2D eigenvalue weighted by molar-refractivity contribution is 5.83. The van der Waals surface area contributed by atoms with Gasteiger partial charge in [-0.1, -0.05) is 42.5 Å². The van der Waals surface area contributed by atoms with Gasteiger partial charge in [-0.05, 0) is 18.1 Å². The first kappa shape index (κ1) is 19.9. The highest BCUT2D eigenvalue weighted by Gasteiger charge is 2.21. The van der Waals surface area contributed by atoms with Crippen LogP contribution >= 0.6 is 0 Å². The minimum atomic E-state index is -0.994. The van der Waals surface area contributed by atoms with E-state index in [0.29, 0.717) is 12.1 Å². The summed E-state index contributed by atoms with van der Waals surface area (Å²) in [7, 11) is 1.57. The van der Waals surface area contributed by atoms with Crippen molar-refractivity contribution in [2.75, 3.05) is 25.0 Å². The number of aliphatic carboxylic acids is 1. The smallest absolute Gasteiger partial charge is 0.308 e. The van der Waals surface area contributed by atoms with E-state index in [0.717, 1.165) is 5.56 Å². The lowest BCUT2D eigenvalue weighted by atomic mass is 9.99. The molecular weight excluding hydrogens is 350 g/mol. The molecule has 8 heteroatoms. The summed E-state index contributed by atoms with van der Waals surface area (Å²) in [6.07, 6.45) is 0.302. The summed E-state index contributed by atoms with van der Waals surface area (Å²) < 4.78 is 0. The van der Waals surface area contributed by atoms with E-state index in [-0.39, 0.29) is 18.8 Å². The zero-order valence-electron chi connectivity index (χ0n) is 14.9. The van der Waals surface area contributed by atoms with E-state index in [1.807, 2.05) is 30.3 Å². The normalized spacial score (nSPS) is 11.4. The number of nitro benzene ring substituents is 1. The number of carbonyl (C=O) groups is 2. The van der Waals surface area contributed by atoms with Gasteiger partial charge < -0.3 is 15.3 Å². The molecule has 0 aliphatic rings. The van der Waals surface area contributed by atoms with Crippen LogP contribution in [0.4, 0.5) is 11.4 Å². The van der Waals surface area contributed by atoms with Crippen LogP contribution in [0.2, 0.25) is 0 Å². The number of nitrogens with one attached hydrogen (secondary N) is 1. The third-order valence-corrected chi connectivity index (χ3v) is 4.09. The lowest BCUT2D eigenvalue weighted by molar-refractivity contribution is -0.384. The van der Waals surface area contributed by atoms with Gasteiger partial charge in [-0.2, -0.15) is 0 Å². The van der Waals surface area contributed by atoms with Crippen LogP contribution in [0.5, 0.6) is 0 Å². The van der Waals surface area contributed by atoms with E-state index >= 15 is 0 Å². The third-order valence-electron chi connectivity index (χ3n) is 4.09. The highest BCUT2D eigenvalue weighted by atomic mass is 16.6. The fourth-order valence-corrected chi connectivity index (χ4v) is 2.68. The number of benzene rings is 2. The molecule has 0 saturated heterocycles. The summed E-state index contributed by atoms with van der Waals surface area (Å²) in [5.74, 6) is -2.16. The van der Waals surface area contributed by atoms with Gasteiger partial charge in [0.05, 0.1) is 17.4 Å². The van der Waals surface area contributed by atoms with Gasteiger partial charge >= 0.3 is 5.97 Å². The van der Waals surface area contributed by atoms with E-state index in [9.17, 15) is 24.8 Å². The maximum absolute atomic E-state index is 12.2. The van der Waals surface area contributed by atoms with E-state index in [4.69, 9.17) is 0 Å². The highest BCUT2D eigenvalue weighted by Crippen LogP contribution is 2.26. The molecule has 0 aliphatic heterocycles. The molecule has 1 unspecified atom stereocenters. The van der Waals surface area contributed by atoms with Crippen molar-refractivity contribution >= 4 is 23.3 Å². The van der Waals surface area contributed by atoms with Gasteiger partial charge in [0.15, 0.2) is 0 Å². The number of amides is 1. The molecule has 1 atom stereocenters. The van der Waals surface area contributed by atoms with Crippen molar-refractivity contribution < 1.29 is 19.6 Å². The predicted molar refractivity (Wildman–Crippen MR) is 101 cm³/mol. The largest absolute Gasteiger partial charge is 0.481 e. The molecule has 0 bridgehead atoms. The SMILES string of the molecule is CN(CC(=O)NCC(Cc1ccccc1)C(=O)O)c1ccccc1[N+](=O)[O-]. The fourth-order valence-electron chi connectivity index (χ4n) is 2.68. The maximum atomic E-state index is 12.2. The first-order valence-electron chi connectivity index (χ1n) is 8.36. The minimum Gasteiger partial charge on any atom is -0.481 e. The van der Waals surface area contributed by atoms with Crippen molar-refractivity contribution in [1.82, 2.24) is 5.32 Å². The molecule has 2 aromatic carbocycles. The molecule has 0 aromatic heterocycles. The molecule has 1 amide bonds. The molecule has 0 aliphatic carbocycles. The second-order valence-electron chi connectivity index (χ2n) is 6.13. The molecule has 27 heavy (non-hydrogen) atoms. The summed E-state index contributed by atoms with van der Waals surface area (Å²) in [5, 5.41) is 23.1. The molecule has 0 heterocycles. The van der Waals surface area contributed by atoms with E-state index in [1.54, 1.807) is 25.2 Å². The van der Waals surface area contributed by atoms with E-state index in [2.05, 4.69) is 5.32 Å². The number of nitro groups is 1. The van der Waals surface area contributed by atoms with Gasteiger partial charge in [0.25, 0.3) is 5.69 Å². The van der Waals surface area contributed by atoms with Crippen molar-refractivity contribution in [2.24, 2.45) is 5.92 Å². The van der Waals surface area contributed by atoms with Gasteiger partial charge in [-0.25, -0.2) is 0 Å². The number of rotatable bonds is 9. The number of carbonyl (C=O) groups excluding carboxylic acids is 1. The van der Waals surface area contributed by atoms with Crippen molar-refractivity contribution in [1.29, 1.82) is 0 Å². The van der Waals surface area contributed by atoms with Gasteiger partial charge in [0.2, 0.25) is 5.91 Å². The molecule has 2 aromatic rings. The van der Waals surface area contributed by atoms with Gasteiger partial charge in [0.1, 0.15) is 5.69 Å². The Morgan fingerprint density at radius 2 is 1.78 bits per heavy atom. The van der Waals surface area contributed by atoms with Crippen LogP contribution in [-0.4, -0.2) is 42.0 Å². The Bertz CT molecular complexity index is 810. The Labute approximate surface area is 156 Å². The number of anilines is 1. The zero-order chi connectivity index (χ0) is 19.8. The van der Waals surface area contributed by atoms with Crippen LogP contribution in [0.1, 0.15) is 5.56 Å². The summed E-state index contributed by atoms with van der Waals surface area (Å²) >= 11 is 0. The quantitative estimate of drug-likeness (QED) is 0.515. The molecule has 0 spiro atoms. The number of carboxylic acids is 1. The molecular formula is C19H21N3O5. The van der Waals surface area contributed by atoms with Crippen LogP contribution in [0.3, 0.4) is 0 Å². The molecule has 0 radical (unpaired) electrons. The number of hydrogen-bond acceptors (Lipinski definition) is 5. The van der Waals surface area contributed by atoms with Gasteiger partial charge in [0, 0.05) is 19.7 Å². The third kappa shape index (κ3) is 5.81. The van der Waals surface area contributed by atoms with Crippen molar-refractivity contribution in [3.8, 4) is 0 Å². The fraction of sp³-hybridized carbons (Fsp3) is 0.263. The van der Waals surface area contributed by atoms with Crippen LogP contribution in [0.15, 0.2) is 54.6 Å². The molecule has 2 N–H and O–H groups in total. The summed E-state index contributed by atoms with van der Waals surface area (Å²) in [6, 6.07) is 15.3. The average Bonchev–Trinajstić information content (AvgIpc) is 2.65.